The van der Waals surface area contributed by atoms with Crippen molar-refractivity contribution in [3.63, 3.8) is 0 Å². The molecule has 0 saturated heterocycles. The number of hydrogen-bond donors (Lipinski definition) is 2. The molecule has 1 fully saturated rings. The maximum atomic E-state index is 12.7. The van der Waals surface area contributed by atoms with E-state index in [1.165, 1.54) is 0 Å². The van der Waals surface area contributed by atoms with Gasteiger partial charge in [0.1, 0.15) is 0 Å². The van der Waals surface area contributed by atoms with E-state index in [2.05, 4.69) is 12.2 Å². The van der Waals surface area contributed by atoms with E-state index in [4.69, 9.17) is 5.11 Å². The second kappa shape index (κ2) is 6.75. The van der Waals surface area contributed by atoms with E-state index in [0.717, 1.165) is 37.1 Å². The van der Waals surface area contributed by atoms with Gasteiger partial charge in [0, 0.05) is 24.8 Å². The van der Waals surface area contributed by atoms with Gasteiger partial charge in [-0.25, -0.2) is 0 Å². The lowest BCUT2D eigenvalue weighted by Gasteiger charge is -2.23. The van der Waals surface area contributed by atoms with Crippen LogP contribution in [-0.4, -0.2) is 41.7 Å². The molecule has 0 aromatic heterocycles. The van der Waals surface area contributed by atoms with Crippen LogP contribution in [0.4, 0.5) is 5.69 Å². The molecule has 1 aromatic rings. The van der Waals surface area contributed by atoms with E-state index in [-0.39, 0.29) is 12.5 Å². The Bertz CT molecular complexity index is 470. The SMILES string of the molecule is CCCNc1cc(C)ccc1C(=O)N(CCO)C1CC1. The van der Waals surface area contributed by atoms with Gasteiger partial charge in [-0.1, -0.05) is 13.0 Å². The third kappa shape index (κ3) is 3.51. The minimum absolute atomic E-state index is 0.0197. The fraction of sp³-hybridized carbons (Fsp3) is 0.562. The second-order valence-corrected chi connectivity index (χ2v) is 5.43. The van der Waals surface area contributed by atoms with Gasteiger partial charge in [0.25, 0.3) is 5.91 Å². The molecule has 2 N–H and O–H groups in total. The monoisotopic (exact) mass is 276 g/mol. The summed E-state index contributed by atoms with van der Waals surface area (Å²) in [6.07, 6.45) is 3.12. The molecule has 1 aliphatic rings. The summed E-state index contributed by atoms with van der Waals surface area (Å²) in [4.78, 5) is 14.5. The molecule has 4 heteroatoms. The highest BCUT2D eigenvalue weighted by Gasteiger charge is 2.33. The molecular weight excluding hydrogens is 252 g/mol. The van der Waals surface area contributed by atoms with Crippen molar-refractivity contribution in [2.45, 2.75) is 39.2 Å². The smallest absolute Gasteiger partial charge is 0.256 e. The summed E-state index contributed by atoms with van der Waals surface area (Å²) in [5, 5.41) is 12.5. The van der Waals surface area contributed by atoms with Gasteiger partial charge in [0.2, 0.25) is 0 Å². The van der Waals surface area contributed by atoms with Crippen molar-refractivity contribution in [1.82, 2.24) is 4.90 Å². The van der Waals surface area contributed by atoms with Crippen LogP contribution in [0.25, 0.3) is 0 Å². The van der Waals surface area contributed by atoms with Gasteiger partial charge in [-0.3, -0.25) is 4.79 Å². The van der Waals surface area contributed by atoms with Crippen LogP contribution in [0.2, 0.25) is 0 Å². The minimum Gasteiger partial charge on any atom is -0.395 e. The molecule has 1 amide bonds. The molecule has 2 rings (SSSR count). The predicted molar refractivity (Wildman–Crippen MR) is 81.1 cm³/mol. The molecule has 0 heterocycles. The number of aliphatic hydroxyl groups is 1. The average molecular weight is 276 g/mol. The van der Waals surface area contributed by atoms with E-state index in [0.29, 0.717) is 18.2 Å². The van der Waals surface area contributed by atoms with E-state index >= 15 is 0 Å². The molecule has 0 bridgehead atoms. The Balaban J connectivity index is 2.22. The Labute approximate surface area is 120 Å². The first kappa shape index (κ1) is 14.9. The molecule has 1 aromatic carbocycles. The van der Waals surface area contributed by atoms with Gasteiger partial charge in [-0.15, -0.1) is 0 Å². The number of rotatable bonds is 7. The zero-order chi connectivity index (χ0) is 14.5. The maximum absolute atomic E-state index is 12.7. The predicted octanol–water partition coefficient (Wildman–Crippen LogP) is 2.41. The van der Waals surface area contributed by atoms with E-state index in [1.54, 1.807) is 0 Å². The third-order valence-corrected chi connectivity index (χ3v) is 3.56. The average Bonchev–Trinajstić information content (AvgIpc) is 3.26. The Morgan fingerprint density at radius 2 is 2.20 bits per heavy atom. The lowest BCUT2D eigenvalue weighted by Crippen LogP contribution is -2.36. The summed E-state index contributed by atoms with van der Waals surface area (Å²) in [5.74, 6) is 0.0279. The van der Waals surface area contributed by atoms with E-state index in [9.17, 15) is 4.79 Å². The highest BCUT2D eigenvalue weighted by atomic mass is 16.3. The van der Waals surface area contributed by atoms with Crippen molar-refractivity contribution in [2.75, 3.05) is 25.0 Å². The number of aliphatic hydroxyl groups excluding tert-OH is 1. The largest absolute Gasteiger partial charge is 0.395 e. The number of benzene rings is 1. The molecule has 1 aliphatic carbocycles. The van der Waals surface area contributed by atoms with Crippen molar-refractivity contribution in [2.24, 2.45) is 0 Å². The minimum atomic E-state index is 0.0197. The molecule has 0 spiro atoms. The van der Waals surface area contributed by atoms with Crippen LogP contribution < -0.4 is 5.32 Å². The van der Waals surface area contributed by atoms with Crippen LogP contribution in [0.3, 0.4) is 0 Å². The highest BCUT2D eigenvalue weighted by Crippen LogP contribution is 2.29. The topological polar surface area (TPSA) is 52.6 Å². The summed E-state index contributed by atoms with van der Waals surface area (Å²) in [6.45, 7) is 5.42. The number of nitrogens with zero attached hydrogens (tertiary/aromatic N) is 1. The van der Waals surface area contributed by atoms with Crippen LogP contribution >= 0.6 is 0 Å². The second-order valence-electron chi connectivity index (χ2n) is 5.43. The first-order chi connectivity index (χ1) is 9.67. The first-order valence-corrected chi connectivity index (χ1v) is 7.43. The molecule has 0 atom stereocenters. The van der Waals surface area contributed by atoms with Crippen LogP contribution in [0.1, 0.15) is 42.1 Å². The number of amides is 1. The fourth-order valence-electron chi connectivity index (χ4n) is 2.35. The van der Waals surface area contributed by atoms with Crippen molar-refractivity contribution >= 4 is 11.6 Å². The molecule has 1 saturated carbocycles. The lowest BCUT2D eigenvalue weighted by molar-refractivity contribution is 0.0708. The zero-order valence-electron chi connectivity index (χ0n) is 12.4. The Kier molecular flexibility index (Phi) is 5.01. The van der Waals surface area contributed by atoms with Crippen molar-refractivity contribution < 1.29 is 9.90 Å². The number of nitrogens with one attached hydrogen (secondary N) is 1. The molecular formula is C16H24N2O2. The molecule has 110 valence electrons. The summed E-state index contributed by atoms with van der Waals surface area (Å²) in [7, 11) is 0. The number of carbonyl (C=O) groups is 1. The van der Waals surface area contributed by atoms with Crippen molar-refractivity contribution in [1.29, 1.82) is 0 Å². The number of hydrogen-bond acceptors (Lipinski definition) is 3. The summed E-state index contributed by atoms with van der Waals surface area (Å²) in [6, 6.07) is 6.19. The maximum Gasteiger partial charge on any atom is 0.256 e. The molecule has 0 aliphatic heterocycles. The molecule has 0 radical (unpaired) electrons. The normalized spacial score (nSPS) is 14.2. The van der Waals surface area contributed by atoms with Crippen LogP contribution in [0.5, 0.6) is 0 Å². The van der Waals surface area contributed by atoms with Gasteiger partial charge in [0.15, 0.2) is 0 Å². The van der Waals surface area contributed by atoms with Crippen LogP contribution in [-0.2, 0) is 0 Å². The standard InChI is InChI=1S/C16H24N2O2/c1-3-8-17-15-11-12(2)4-7-14(15)16(20)18(9-10-19)13-5-6-13/h4,7,11,13,17,19H,3,5-6,8-10H2,1-2H3. The highest BCUT2D eigenvalue weighted by molar-refractivity contribution is 6.00. The summed E-state index contributed by atoms with van der Waals surface area (Å²) >= 11 is 0. The Morgan fingerprint density at radius 3 is 2.80 bits per heavy atom. The fourth-order valence-corrected chi connectivity index (χ4v) is 2.35. The number of anilines is 1. The summed E-state index contributed by atoms with van der Waals surface area (Å²) < 4.78 is 0. The van der Waals surface area contributed by atoms with Gasteiger partial charge in [-0.2, -0.15) is 0 Å². The molecule has 20 heavy (non-hydrogen) atoms. The molecule has 4 nitrogen and oxygen atoms in total. The number of carbonyl (C=O) groups excluding carboxylic acids is 1. The van der Waals surface area contributed by atoms with E-state index < -0.39 is 0 Å². The van der Waals surface area contributed by atoms with E-state index in [1.807, 2.05) is 30.0 Å². The molecule has 0 unspecified atom stereocenters. The van der Waals surface area contributed by atoms with Gasteiger partial charge in [-0.05, 0) is 43.9 Å². The van der Waals surface area contributed by atoms with Crippen LogP contribution in [0.15, 0.2) is 18.2 Å². The first-order valence-electron chi connectivity index (χ1n) is 7.43. The van der Waals surface area contributed by atoms with Gasteiger partial charge < -0.3 is 15.3 Å². The summed E-state index contributed by atoms with van der Waals surface area (Å²) in [5.41, 5.74) is 2.75. The van der Waals surface area contributed by atoms with Crippen LogP contribution in [0, 0.1) is 6.92 Å². The Morgan fingerprint density at radius 1 is 1.45 bits per heavy atom. The van der Waals surface area contributed by atoms with Crippen molar-refractivity contribution in [3.8, 4) is 0 Å². The van der Waals surface area contributed by atoms with Crippen molar-refractivity contribution in [3.05, 3.63) is 29.3 Å². The third-order valence-electron chi connectivity index (χ3n) is 3.56. The number of aryl methyl sites for hydroxylation is 1. The lowest BCUT2D eigenvalue weighted by atomic mass is 10.1. The van der Waals surface area contributed by atoms with Gasteiger partial charge in [0.05, 0.1) is 12.2 Å². The quantitative estimate of drug-likeness (QED) is 0.804. The van der Waals surface area contributed by atoms with Gasteiger partial charge >= 0.3 is 0 Å². The zero-order valence-corrected chi connectivity index (χ0v) is 12.4. The Hall–Kier alpha value is -1.55.